The molecule has 0 amide bonds. The van der Waals surface area contributed by atoms with Crippen molar-refractivity contribution in [2.75, 3.05) is 0 Å². The van der Waals surface area contributed by atoms with E-state index in [1.807, 2.05) is 24.5 Å². The second-order valence-corrected chi connectivity index (χ2v) is 8.31. The van der Waals surface area contributed by atoms with Crippen LogP contribution in [0.25, 0.3) is 43.4 Å². The molecule has 0 fully saturated rings. The zero-order valence-corrected chi connectivity index (χ0v) is 23.5. The molecule has 6 aromatic rings. The van der Waals surface area contributed by atoms with Gasteiger partial charge in [-0.25, -0.2) is 0 Å². The number of aromatic nitrogens is 2. The summed E-state index contributed by atoms with van der Waals surface area (Å²) in [6, 6.07) is 33.3. The van der Waals surface area contributed by atoms with Gasteiger partial charge in [0.25, 0.3) is 0 Å². The van der Waals surface area contributed by atoms with Crippen LogP contribution in [0.2, 0.25) is 0 Å². The van der Waals surface area contributed by atoms with Gasteiger partial charge in [0.1, 0.15) is 5.78 Å². The smallest absolute Gasteiger partial charge is 0.388 e. The fourth-order valence-electron chi connectivity index (χ4n) is 3.63. The molecule has 6 heteroatoms. The Hall–Kier alpha value is -3.99. The molecule has 0 aliphatic heterocycles. The van der Waals surface area contributed by atoms with Gasteiger partial charge < -0.3 is 10.5 Å². The van der Waals surface area contributed by atoms with Crippen molar-refractivity contribution in [1.82, 2.24) is 9.97 Å². The maximum Gasteiger partial charge on any atom is 3.00 e. The number of fused-ring (bicyclic) bond motifs is 6. The molecular weight excluding hydrogens is 637 g/mol. The largest absolute Gasteiger partial charge is 3.00 e. The number of hydrogen-bond acceptors (Lipinski definition) is 4. The van der Waals surface area contributed by atoms with Crippen LogP contribution in [0.5, 0.6) is 0 Å². The number of nitrogens with zero attached hydrogens (tertiary/aromatic N) is 2. The van der Waals surface area contributed by atoms with Gasteiger partial charge in [0, 0.05) is 33.9 Å². The van der Waals surface area contributed by atoms with Crippen molar-refractivity contribution in [3.63, 3.8) is 0 Å². The molecule has 0 atom stereocenters. The van der Waals surface area contributed by atoms with E-state index in [4.69, 9.17) is 11.1 Å². The van der Waals surface area contributed by atoms with Crippen molar-refractivity contribution in [1.29, 1.82) is 5.41 Å². The number of Topliss-reactive ketones (excluding diaryl/α,β-unsaturated/α-hetero) is 1. The van der Waals surface area contributed by atoms with Gasteiger partial charge in [0.2, 0.25) is 0 Å². The van der Waals surface area contributed by atoms with Gasteiger partial charge in [-0.05, 0) is 43.7 Å². The van der Waals surface area contributed by atoms with Gasteiger partial charge in [-0.3, -0.25) is 15.4 Å². The summed E-state index contributed by atoms with van der Waals surface area (Å²) in [5.41, 5.74) is 6.87. The fourth-order valence-corrected chi connectivity index (χ4v) is 3.63. The van der Waals surface area contributed by atoms with E-state index < -0.39 is 0 Å². The molecule has 0 bridgehead atoms. The van der Waals surface area contributed by atoms with E-state index in [-0.39, 0.29) is 31.7 Å². The summed E-state index contributed by atoms with van der Waals surface area (Å²) < 4.78 is 0. The van der Waals surface area contributed by atoms with Crippen LogP contribution in [-0.4, -0.2) is 21.6 Å². The first-order valence-electron chi connectivity index (χ1n) is 11.6. The third-order valence-corrected chi connectivity index (χ3v) is 4.99. The van der Waals surface area contributed by atoms with E-state index in [2.05, 4.69) is 94.9 Å². The molecule has 0 aliphatic rings. The molecule has 186 valence electrons. The van der Waals surface area contributed by atoms with E-state index in [1.54, 1.807) is 0 Å². The Morgan fingerprint density at radius 3 is 1.27 bits per heavy atom. The second kappa shape index (κ2) is 14.5. The van der Waals surface area contributed by atoms with Crippen LogP contribution in [-0.2, 0) is 24.9 Å². The van der Waals surface area contributed by atoms with Gasteiger partial charge in [-0.15, -0.1) is 0 Å². The quantitative estimate of drug-likeness (QED) is 0.101. The van der Waals surface area contributed by atoms with Gasteiger partial charge in [-0.1, -0.05) is 84.9 Å². The standard InChI is InChI=1S/2C13H9N.C3H6O.C2H6N2.Ir/c2*1-2-6-12-10(4-1)7-8-11-5-3-9-14-13(11)12;1-3(2)4;1-2(3)4;/h2*1-9H;1-2H3;1H3,(H3,3,4);/q;;;;+3. The van der Waals surface area contributed by atoms with Crippen LogP contribution in [0.3, 0.4) is 0 Å². The van der Waals surface area contributed by atoms with E-state index in [0.717, 1.165) is 11.0 Å². The van der Waals surface area contributed by atoms with Gasteiger partial charge in [0.05, 0.1) is 16.9 Å². The van der Waals surface area contributed by atoms with E-state index in [0.29, 0.717) is 0 Å². The van der Waals surface area contributed by atoms with Crippen molar-refractivity contribution in [2.45, 2.75) is 20.8 Å². The number of carbonyl (C=O) groups is 1. The summed E-state index contributed by atoms with van der Waals surface area (Å²) in [6.07, 6.45) is 3.68. The summed E-state index contributed by atoms with van der Waals surface area (Å²) >= 11 is 0. The Balaban J connectivity index is 0.000000199. The number of amidine groups is 1. The Kier molecular flexibility index (Phi) is 11.5. The molecule has 0 aliphatic carbocycles. The minimum atomic E-state index is 0. The SMILES string of the molecule is CC(=N)N.CC(C)=O.[Ir+3].c1ccc2c(c1)ccc1cccnc12.c1ccc2c(c1)ccc1cccnc12. The van der Waals surface area contributed by atoms with Gasteiger partial charge in [0.15, 0.2) is 0 Å². The third-order valence-electron chi connectivity index (χ3n) is 4.99. The molecule has 3 N–H and O–H groups in total. The molecule has 6 rings (SSSR count). The number of benzene rings is 4. The monoisotopic (exact) mass is 667 g/mol. The van der Waals surface area contributed by atoms with Crippen molar-refractivity contribution >= 4 is 55.0 Å². The molecule has 5 nitrogen and oxygen atoms in total. The van der Waals surface area contributed by atoms with Crippen LogP contribution in [0.4, 0.5) is 0 Å². The van der Waals surface area contributed by atoms with Crippen LogP contribution < -0.4 is 5.73 Å². The zero-order valence-electron chi connectivity index (χ0n) is 21.1. The van der Waals surface area contributed by atoms with E-state index >= 15 is 0 Å². The van der Waals surface area contributed by atoms with Crippen LogP contribution in [0.1, 0.15) is 20.8 Å². The first kappa shape index (κ1) is 29.2. The minimum Gasteiger partial charge on any atom is -0.388 e. The fraction of sp³-hybridized carbons (Fsp3) is 0.0968. The molecule has 0 saturated heterocycles. The average molecular weight is 667 g/mol. The number of nitrogens with two attached hydrogens (primary N) is 1. The molecule has 2 heterocycles. The molecule has 0 spiro atoms. The topological polar surface area (TPSA) is 92.7 Å². The summed E-state index contributed by atoms with van der Waals surface area (Å²) in [6.45, 7) is 4.58. The van der Waals surface area contributed by atoms with Gasteiger partial charge >= 0.3 is 20.1 Å². The molecule has 0 unspecified atom stereocenters. The Labute approximate surface area is 230 Å². The maximum atomic E-state index is 9.44. The summed E-state index contributed by atoms with van der Waals surface area (Å²) in [4.78, 5) is 18.3. The van der Waals surface area contributed by atoms with E-state index in [9.17, 15) is 4.79 Å². The van der Waals surface area contributed by atoms with Crippen molar-refractivity contribution in [3.05, 3.63) is 109 Å². The number of nitrogens with one attached hydrogen (secondary N) is 1. The number of pyridine rings is 2. The average Bonchev–Trinajstić information content (AvgIpc) is 2.88. The number of carbonyl (C=O) groups excluding carboxylic acids is 1. The predicted molar refractivity (Wildman–Crippen MR) is 152 cm³/mol. The Morgan fingerprint density at radius 2 is 0.892 bits per heavy atom. The molecule has 4 aromatic carbocycles. The molecule has 0 radical (unpaired) electrons. The molecule has 37 heavy (non-hydrogen) atoms. The van der Waals surface area contributed by atoms with Crippen LogP contribution in [0.15, 0.2) is 109 Å². The number of hydrogen-bond donors (Lipinski definition) is 2. The maximum absolute atomic E-state index is 9.44. The van der Waals surface area contributed by atoms with Crippen LogP contribution >= 0.6 is 0 Å². The number of rotatable bonds is 0. The summed E-state index contributed by atoms with van der Waals surface area (Å²) in [5, 5.41) is 13.6. The van der Waals surface area contributed by atoms with Crippen molar-refractivity contribution in [2.24, 2.45) is 5.73 Å². The Bertz CT molecular complexity index is 1390. The Morgan fingerprint density at radius 1 is 0.595 bits per heavy atom. The van der Waals surface area contributed by atoms with E-state index in [1.165, 1.54) is 53.1 Å². The predicted octanol–water partition coefficient (Wildman–Crippen LogP) is 7.31. The minimum absolute atomic E-state index is 0. The first-order valence-corrected chi connectivity index (χ1v) is 11.6. The molecule has 2 aromatic heterocycles. The molecule has 0 saturated carbocycles. The molecular formula is C31H30IrN4O+3. The number of ketones is 1. The summed E-state index contributed by atoms with van der Waals surface area (Å²) in [5.74, 6) is 0.333. The van der Waals surface area contributed by atoms with Gasteiger partial charge in [-0.2, -0.15) is 0 Å². The zero-order chi connectivity index (χ0) is 25.9. The third kappa shape index (κ3) is 8.57. The normalized spacial score (nSPS) is 9.59. The first-order chi connectivity index (χ1) is 17.4. The second-order valence-electron chi connectivity index (χ2n) is 8.31. The summed E-state index contributed by atoms with van der Waals surface area (Å²) in [7, 11) is 0. The van der Waals surface area contributed by atoms with Crippen molar-refractivity contribution < 1.29 is 24.9 Å². The van der Waals surface area contributed by atoms with Crippen molar-refractivity contribution in [3.8, 4) is 0 Å². The van der Waals surface area contributed by atoms with Crippen LogP contribution in [0, 0.1) is 5.41 Å².